The van der Waals surface area contributed by atoms with Crippen molar-refractivity contribution in [3.8, 4) is 0 Å². The SMILES string of the molecule is CC1(C)C2CC(C=O)(C=O)C1(C)C2. The molecule has 0 aromatic rings. The van der Waals surface area contributed by atoms with Crippen LogP contribution in [0.1, 0.15) is 33.6 Å². The summed E-state index contributed by atoms with van der Waals surface area (Å²) in [7, 11) is 0. The molecule has 72 valence electrons. The number of hydrogen-bond acceptors (Lipinski definition) is 2. The highest BCUT2D eigenvalue weighted by atomic mass is 16.1. The Labute approximate surface area is 78.7 Å². The van der Waals surface area contributed by atoms with E-state index >= 15 is 0 Å². The van der Waals surface area contributed by atoms with Crippen molar-refractivity contribution < 1.29 is 9.59 Å². The summed E-state index contributed by atoms with van der Waals surface area (Å²) in [5, 5.41) is 0. The van der Waals surface area contributed by atoms with Gasteiger partial charge in [-0.1, -0.05) is 20.8 Å². The normalized spacial score (nSPS) is 43.8. The van der Waals surface area contributed by atoms with Gasteiger partial charge in [-0.25, -0.2) is 0 Å². The van der Waals surface area contributed by atoms with Gasteiger partial charge in [0.15, 0.2) is 0 Å². The minimum absolute atomic E-state index is 0.0891. The van der Waals surface area contributed by atoms with Crippen LogP contribution in [0.3, 0.4) is 0 Å². The van der Waals surface area contributed by atoms with Crippen LogP contribution in [0.25, 0.3) is 0 Å². The molecule has 0 N–H and O–H groups in total. The van der Waals surface area contributed by atoms with Crippen LogP contribution >= 0.6 is 0 Å². The summed E-state index contributed by atoms with van der Waals surface area (Å²) in [5.74, 6) is 0.563. The van der Waals surface area contributed by atoms with E-state index in [9.17, 15) is 9.59 Å². The fourth-order valence-corrected chi connectivity index (χ4v) is 3.46. The first-order valence-electron chi connectivity index (χ1n) is 4.86. The largest absolute Gasteiger partial charge is 0.302 e. The lowest BCUT2D eigenvalue weighted by Crippen LogP contribution is -2.52. The third-order valence-electron chi connectivity index (χ3n) is 5.13. The first kappa shape index (κ1) is 8.92. The summed E-state index contributed by atoms with van der Waals surface area (Å²) in [6, 6.07) is 0. The van der Waals surface area contributed by atoms with Crippen LogP contribution < -0.4 is 0 Å². The van der Waals surface area contributed by atoms with Gasteiger partial charge in [0, 0.05) is 0 Å². The number of carbonyl (C=O) groups excluding carboxylic acids is 2. The molecule has 0 amide bonds. The molecule has 0 heterocycles. The van der Waals surface area contributed by atoms with Gasteiger partial charge in [0.05, 0.1) is 5.41 Å². The van der Waals surface area contributed by atoms with Crippen LogP contribution in [0.15, 0.2) is 0 Å². The van der Waals surface area contributed by atoms with Crippen molar-refractivity contribution in [2.24, 2.45) is 22.2 Å². The Morgan fingerprint density at radius 1 is 1.08 bits per heavy atom. The molecule has 3 fully saturated rings. The maximum Gasteiger partial charge on any atom is 0.133 e. The van der Waals surface area contributed by atoms with Crippen LogP contribution in [0.2, 0.25) is 0 Å². The molecule has 3 rings (SSSR count). The Morgan fingerprint density at radius 3 is 1.77 bits per heavy atom. The molecule has 2 heteroatoms. The first-order chi connectivity index (χ1) is 5.93. The van der Waals surface area contributed by atoms with E-state index in [-0.39, 0.29) is 10.8 Å². The minimum atomic E-state index is -0.679. The maximum atomic E-state index is 11.1. The summed E-state index contributed by atoms with van der Waals surface area (Å²) in [5.41, 5.74) is -0.607. The van der Waals surface area contributed by atoms with E-state index in [1.807, 2.05) is 0 Å². The quantitative estimate of drug-likeness (QED) is 0.480. The maximum absolute atomic E-state index is 11.1. The fourth-order valence-electron chi connectivity index (χ4n) is 3.46. The smallest absolute Gasteiger partial charge is 0.133 e. The Kier molecular flexibility index (Phi) is 1.40. The minimum Gasteiger partial charge on any atom is -0.302 e. The summed E-state index contributed by atoms with van der Waals surface area (Å²) < 4.78 is 0. The molecule has 13 heavy (non-hydrogen) atoms. The van der Waals surface area contributed by atoms with E-state index in [4.69, 9.17) is 0 Å². The molecule has 0 saturated heterocycles. The number of carbonyl (C=O) groups is 2. The predicted molar refractivity (Wildman–Crippen MR) is 49.2 cm³/mol. The molecule has 2 bridgehead atoms. The molecule has 0 aliphatic heterocycles. The van der Waals surface area contributed by atoms with Gasteiger partial charge in [-0.3, -0.25) is 0 Å². The van der Waals surface area contributed by atoms with Crippen molar-refractivity contribution in [2.75, 3.05) is 0 Å². The van der Waals surface area contributed by atoms with Gasteiger partial charge >= 0.3 is 0 Å². The zero-order chi connectivity index (χ0) is 9.91. The average Bonchev–Trinajstić information content (AvgIpc) is 2.50. The molecule has 0 spiro atoms. The fraction of sp³-hybridized carbons (Fsp3) is 0.818. The lowest BCUT2D eigenvalue weighted by atomic mass is 9.48. The van der Waals surface area contributed by atoms with Crippen molar-refractivity contribution in [1.29, 1.82) is 0 Å². The van der Waals surface area contributed by atoms with Gasteiger partial charge in [0.1, 0.15) is 12.6 Å². The van der Waals surface area contributed by atoms with E-state index in [0.717, 1.165) is 25.4 Å². The zero-order valence-corrected chi connectivity index (χ0v) is 8.46. The molecule has 2 nitrogen and oxygen atoms in total. The highest BCUT2D eigenvalue weighted by Crippen LogP contribution is 2.76. The Morgan fingerprint density at radius 2 is 1.62 bits per heavy atom. The molecule has 2 unspecified atom stereocenters. The van der Waals surface area contributed by atoms with Crippen molar-refractivity contribution >= 4 is 12.6 Å². The lowest BCUT2D eigenvalue weighted by molar-refractivity contribution is -0.142. The van der Waals surface area contributed by atoms with Crippen molar-refractivity contribution in [1.82, 2.24) is 0 Å². The van der Waals surface area contributed by atoms with Crippen LogP contribution in [0.4, 0.5) is 0 Å². The molecule has 3 aliphatic rings. The highest BCUT2D eigenvalue weighted by molar-refractivity contribution is 5.87. The van der Waals surface area contributed by atoms with E-state index in [2.05, 4.69) is 20.8 Å². The molecule has 3 saturated carbocycles. The molecular weight excluding hydrogens is 164 g/mol. The summed E-state index contributed by atoms with van der Waals surface area (Å²) in [6.07, 6.45) is 3.57. The molecule has 2 atom stereocenters. The van der Waals surface area contributed by atoms with Gasteiger partial charge in [0.25, 0.3) is 0 Å². The second-order valence-electron chi connectivity index (χ2n) is 5.44. The van der Waals surface area contributed by atoms with E-state index in [1.54, 1.807) is 0 Å². The van der Waals surface area contributed by atoms with Gasteiger partial charge in [0.2, 0.25) is 0 Å². The number of rotatable bonds is 2. The van der Waals surface area contributed by atoms with Gasteiger partial charge in [-0.15, -0.1) is 0 Å². The Balaban J connectivity index is 2.49. The third-order valence-corrected chi connectivity index (χ3v) is 5.13. The molecule has 3 aliphatic carbocycles. The van der Waals surface area contributed by atoms with E-state index in [1.165, 1.54) is 0 Å². The van der Waals surface area contributed by atoms with Crippen LogP contribution in [-0.2, 0) is 9.59 Å². The van der Waals surface area contributed by atoms with Gasteiger partial charge in [-0.05, 0) is 29.6 Å². The van der Waals surface area contributed by atoms with Gasteiger partial charge < -0.3 is 9.59 Å². The standard InChI is InChI=1S/C11H16O2/c1-9(2)8-4-10(9,3)11(5-8,6-12)7-13/h6-8H,4-5H2,1-3H3. The van der Waals surface area contributed by atoms with Crippen molar-refractivity contribution in [2.45, 2.75) is 33.6 Å². The Bertz CT molecular complexity index is 272. The predicted octanol–water partition coefficient (Wildman–Crippen LogP) is 1.83. The summed E-state index contributed by atoms with van der Waals surface area (Å²) in [4.78, 5) is 22.1. The Hall–Kier alpha value is -0.660. The van der Waals surface area contributed by atoms with E-state index in [0.29, 0.717) is 5.92 Å². The second-order valence-corrected chi connectivity index (χ2v) is 5.44. The second kappa shape index (κ2) is 2.05. The highest BCUT2D eigenvalue weighted by Gasteiger charge is 2.73. The van der Waals surface area contributed by atoms with Crippen LogP contribution in [0, 0.1) is 22.2 Å². The van der Waals surface area contributed by atoms with Crippen molar-refractivity contribution in [3.63, 3.8) is 0 Å². The monoisotopic (exact) mass is 180 g/mol. The number of hydrogen-bond donors (Lipinski definition) is 0. The zero-order valence-electron chi connectivity index (χ0n) is 8.46. The topological polar surface area (TPSA) is 34.1 Å². The molecule has 0 aromatic heterocycles. The first-order valence-corrected chi connectivity index (χ1v) is 4.86. The number of aldehydes is 2. The molecular formula is C11H16O2. The lowest BCUT2D eigenvalue weighted by Gasteiger charge is -2.55. The van der Waals surface area contributed by atoms with Crippen LogP contribution in [0.5, 0.6) is 0 Å². The number of fused-ring (bicyclic) bond motifs is 1. The van der Waals surface area contributed by atoms with Crippen molar-refractivity contribution in [3.05, 3.63) is 0 Å². The summed E-state index contributed by atoms with van der Waals surface area (Å²) >= 11 is 0. The van der Waals surface area contributed by atoms with E-state index < -0.39 is 5.41 Å². The summed E-state index contributed by atoms with van der Waals surface area (Å²) in [6.45, 7) is 6.44. The molecule has 0 aromatic carbocycles. The average molecular weight is 180 g/mol. The molecule has 0 radical (unpaired) electrons. The third kappa shape index (κ3) is 0.639. The van der Waals surface area contributed by atoms with Gasteiger partial charge in [-0.2, -0.15) is 0 Å². The van der Waals surface area contributed by atoms with Crippen LogP contribution in [-0.4, -0.2) is 12.6 Å².